The number of ether oxygens (including phenoxy) is 1. The molecule has 1 heterocycles. The Kier molecular flexibility index (Phi) is 5.51. The van der Waals surface area contributed by atoms with Crippen LogP contribution in [0.1, 0.15) is 16.8 Å². The lowest BCUT2D eigenvalue weighted by atomic mass is 10.1. The van der Waals surface area contributed by atoms with E-state index >= 15 is 0 Å². The van der Waals surface area contributed by atoms with Gasteiger partial charge in [0.2, 0.25) is 5.95 Å². The van der Waals surface area contributed by atoms with Crippen LogP contribution in [0.3, 0.4) is 0 Å². The van der Waals surface area contributed by atoms with Gasteiger partial charge in [-0.15, -0.1) is 0 Å². The Balaban J connectivity index is 1.97. The van der Waals surface area contributed by atoms with Crippen molar-refractivity contribution in [2.24, 2.45) is 0 Å². The van der Waals surface area contributed by atoms with E-state index in [4.69, 9.17) is 4.74 Å². The molecule has 1 aromatic heterocycles. The Morgan fingerprint density at radius 2 is 1.81 bits per heavy atom. The lowest BCUT2D eigenvalue weighted by molar-refractivity contribution is 0.210. The lowest BCUT2D eigenvalue weighted by Gasteiger charge is -2.10. The molecule has 0 fully saturated rings. The van der Waals surface area contributed by atoms with Crippen molar-refractivity contribution >= 4 is 11.8 Å². The van der Waals surface area contributed by atoms with E-state index in [0.717, 1.165) is 18.1 Å². The van der Waals surface area contributed by atoms with E-state index < -0.39 is 0 Å². The minimum Gasteiger partial charge on any atom is -0.383 e. The predicted molar refractivity (Wildman–Crippen MR) is 85.6 cm³/mol. The maximum atomic E-state index is 5.02. The van der Waals surface area contributed by atoms with Gasteiger partial charge in [0.15, 0.2) is 0 Å². The van der Waals surface area contributed by atoms with Crippen LogP contribution in [0, 0.1) is 13.8 Å². The zero-order valence-electron chi connectivity index (χ0n) is 12.8. The van der Waals surface area contributed by atoms with E-state index in [1.54, 1.807) is 7.11 Å². The van der Waals surface area contributed by atoms with E-state index in [2.05, 4.69) is 51.8 Å². The molecular formula is C16H22N4O. The normalized spacial score (nSPS) is 10.4. The molecule has 1 aromatic carbocycles. The molecule has 0 saturated heterocycles. The van der Waals surface area contributed by atoms with Crippen molar-refractivity contribution in [3.8, 4) is 0 Å². The molecule has 0 bridgehead atoms. The Morgan fingerprint density at radius 3 is 2.52 bits per heavy atom. The van der Waals surface area contributed by atoms with Gasteiger partial charge in [0.05, 0.1) is 6.61 Å². The zero-order chi connectivity index (χ0) is 15.1. The minimum absolute atomic E-state index is 0.635. The number of hydrogen-bond donors (Lipinski definition) is 2. The van der Waals surface area contributed by atoms with E-state index in [0.29, 0.717) is 19.1 Å². The van der Waals surface area contributed by atoms with Crippen molar-refractivity contribution in [1.29, 1.82) is 0 Å². The minimum atomic E-state index is 0.635. The summed E-state index contributed by atoms with van der Waals surface area (Å²) in [6, 6.07) is 10.3. The number of benzene rings is 1. The molecule has 0 aliphatic rings. The summed E-state index contributed by atoms with van der Waals surface area (Å²) in [5, 5.41) is 6.47. The highest BCUT2D eigenvalue weighted by atomic mass is 16.5. The van der Waals surface area contributed by atoms with Crippen molar-refractivity contribution in [3.05, 3.63) is 47.2 Å². The number of nitrogens with zero attached hydrogens (tertiary/aromatic N) is 2. The summed E-state index contributed by atoms with van der Waals surface area (Å²) in [7, 11) is 1.68. The Labute approximate surface area is 125 Å². The van der Waals surface area contributed by atoms with E-state index in [1.807, 2.05) is 13.0 Å². The number of hydrogen-bond acceptors (Lipinski definition) is 5. The molecule has 0 aliphatic heterocycles. The van der Waals surface area contributed by atoms with Gasteiger partial charge in [-0.2, -0.15) is 4.98 Å². The third-order valence-electron chi connectivity index (χ3n) is 3.04. The monoisotopic (exact) mass is 286 g/mol. The molecule has 0 spiro atoms. The molecule has 2 aromatic rings. The predicted octanol–water partition coefficient (Wildman–Crippen LogP) is 2.76. The first-order chi connectivity index (χ1) is 10.2. The summed E-state index contributed by atoms with van der Waals surface area (Å²) in [6.45, 7) is 6.12. The smallest absolute Gasteiger partial charge is 0.225 e. The fourth-order valence-electron chi connectivity index (χ4n) is 1.91. The Hall–Kier alpha value is -2.14. The van der Waals surface area contributed by atoms with Gasteiger partial charge in [-0.25, -0.2) is 4.98 Å². The summed E-state index contributed by atoms with van der Waals surface area (Å²) in [5.41, 5.74) is 3.39. The van der Waals surface area contributed by atoms with Crippen LogP contribution in [0.2, 0.25) is 0 Å². The van der Waals surface area contributed by atoms with Crippen LogP contribution in [0.4, 0.5) is 11.8 Å². The van der Waals surface area contributed by atoms with Crippen LogP contribution in [0.15, 0.2) is 30.3 Å². The zero-order valence-corrected chi connectivity index (χ0v) is 12.8. The molecule has 21 heavy (non-hydrogen) atoms. The SMILES string of the molecule is COCCNc1cc(C)nc(NCc2ccc(C)cc2)n1. The van der Waals surface area contributed by atoms with Crippen molar-refractivity contribution in [2.45, 2.75) is 20.4 Å². The fraction of sp³-hybridized carbons (Fsp3) is 0.375. The summed E-state index contributed by atoms with van der Waals surface area (Å²) in [4.78, 5) is 8.85. The van der Waals surface area contributed by atoms with Gasteiger partial charge in [-0.1, -0.05) is 29.8 Å². The Morgan fingerprint density at radius 1 is 1.05 bits per heavy atom. The number of methoxy groups -OCH3 is 1. The van der Waals surface area contributed by atoms with Gasteiger partial charge in [0.1, 0.15) is 5.82 Å². The number of aromatic nitrogens is 2. The van der Waals surface area contributed by atoms with E-state index in [-0.39, 0.29) is 0 Å². The van der Waals surface area contributed by atoms with Gasteiger partial charge in [0.25, 0.3) is 0 Å². The average molecular weight is 286 g/mol. The van der Waals surface area contributed by atoms with Gasteiger partial charge in [-0.3, -0.25) is 0 Å². The first-order valence-electron chi connectivity index (χ1n) is 7.05. The highest BCUT2D eigenvalue weighted by Gasteiger charge is 2.02. The first kappa shape index (κ1) is 15.3. The molecule has 112 valence electrons. The maximum Gasteiger partial charge on any atom is 0.225 e. The highest BCUT2D eigenvalue weighted by molar-refractivity contribution is 5.42. The van der Waals surface area contributed by atoms with Crippen molar-refractivity contribution < 1.29 is 4.74 Å². The van der Waals surface area contributed by atoms with Gasteiger partial charge < -0.3 is 15.4 Å². The number of nitrogens with one attached hydrogen (secondary N) is 2. The van der Waals surface area contributed by atoms with Crippen LogP contribution in [0.5, 0.6) is 0 Å². The summed E-state index contributed by atoms with van der Waals surface area (Å²) < 4.78 is 5.02. The molecular weight excluding hydrogens is 264 g/mol. The molecule has 5 nitrogen and oxygen atoms in total. The largest absolute Gasteiger partial charge is 0.383 e. The molecule has 0 atom stereocenters. The van der Waals surface area contributed by atoms with Crippen molar-refractivity contribution in [2.75, 3.05) is 30.9 Å². The quantitative estimate of drug-likeness (QED) is 0.766. The highest BCUT2D eigenvalue weighted by Crippen LogP contribution is 2.11. The van der Waals surface area contributed by atoms with E-state index in [1.165, 1.54) is 11.1 Å². The van der Waals surface area contributed by atoms with Crippen LogP contribution in [-0.4, -0.2) is 30.2 Å². The molecule has 2 rings (SSSR count). The molecule has 0 amide bonds. The summed E-state index contributed by atoms with van der Waals surface area (Å²) in [5.74, 6) is 1.45. The molecule has 0 saturated carbocycles. The van der Waals surface area contributed by atoms with Gasteiger partial charge in [-0.05, 0) is 19.4 Å². The molecule has 2 N–H and O–H groups in total. The summed E-state index contributed by atoms with van der Waals surface area (Å²) >= 11 is 0. The molecule has 0 radical (unpaired) electrons. The molecule has 0 unspecified atom stereocenters. The van der Waals surface area contributed by atoms with Gasteiger partial charge >= 0.3 is 0 Å². The second-order valence-electron chi connectivity index (χ2n) is 4.98. The number of aryl methyl sites for hydroxylation is 2. The molecule has 0 aliphatic carbocycles. The Bertz CT molecular complexity index is 569. The van der Waals surface area contributed by atoms with E-state index in [9.17, 15) is 0 Å². The number of rotatable bonds is 7. The first-order valence-corrected chi connectivity index (χ1v) is 7.05. The third kappa shape index (κ3) is 5.04. The van der Waals surface area contributed by atoms with Crippen molar-refractivity contribution in [3.63, 3.8) is 0 Å². The second-order valence-corrected chi connectivity index (χ2v) is 4.98. The van der Waals surface area contributed by atoms with Crippen LogP contribution in [0.25, 0.3) is 0 Å². The van der Waals surface area contributed by atoms with Crippen LogP contribution < -0.4 is 10.6 Å². The third-order valence-corrected chi connectivity index (χ3v) is 3.04. The standard InChI is InChI=1S/C16H22N4O/c1-12-4-6-14(7-5-12)11-18-16-19-13(2)10-15(20-16)17-8-9-21-3/h4-7,10H,8-9,11H2,1-3H3,(H2,17,18,19,20). The summed E-state index contributed by atoms with van der Waals surface area (Å²) in [6.07, 6.45) is 0. The topological polar surface area (TPSA) is 59.1 Å². The second kappa shape index (κ2) is 7.59. The van der Waals surface area contributed by atoms with Gasteiger partial charge in [0, 0.05) is 32.0 Å². The van der Waals surface area contributed by atoms with Crippen LogP contribution >= 0.6 is 0 Å². The van der Waals surface area contributed by atoms with Crippen molar-refractivity contribution in [1.82, 2.24) is 9.97 Å². The lowest BCUT2D eigenvalue weighted by Crippen LogP contribution is -2.11. The van der Waals surface area contributed by atoms with Crippen LogP contribution in [-0.2, 0) is 11.3 Å². The fourth-order valence-corrected chi connectivity index (χ4v) is 1.91. The number of anilines is 2. The molecule has 5 heteroatoms. The average Bonchev–Trinajstić information content (AvgIpc) is 2.46. The maximum absolute atomic E-state index is 5.02.